The minimum Gasteiger partial charge on any atom is -0.355 e. The van der Waals surface area contributed by atoms with Crippen LogP contribution in [0.5, 0.6) is 0 Å². The zero-order chi connectivity index (χ0) is 11.7. The number of hydrogen-bond acceptors (Lipinski definition) is 3. The molecule has 15 heavy (non-hydrogen) atoms. The molecule has 0 unspecified atom stereocenters. The molecule has 88 valence electrons. The number of nitrogens with one attached hydrogen (secondary N) is 1. The molecule has 1 N–H and O–H groups in total. The van der Waals surface area contributed by atoms with Crippen LogP contribution in [0.4, 0.5) is 0 Å². The number of amides is 1. The highest BCUT2D eigenvalue weighted by atomic mass is 16.2. The lowest BCUT2D eigenvalue weighted by Gasteiger charge is -2.18. The second-order valence-corrected chi connectivity index (χ2v) is 3.55. The molecule has 0 bridgehead atoms. The molecule has 0 saturated heterocycles. The van der Waals surface area contributed by atoms with Gasteiger partial charge in [0.25, 0.3) is 0 Å². The fourth-order valence-corrected chi connectivity index (χ4v) is 1.34. The Morgan fingerprint density at radius 1 is 1.13 bits per heavy atom. The van der Waals surface area contributed by atoms with E-state index < -0.39 is 0 Å². The van der Waals surface area contributed by atoms with E-state index in [1.807, 2.05) is 25.7 Å². The average Bonchev–Trinajstić information content (AvgIpc) is 2.17. The van der Waals surface area contributed by atoms with E-state index in [9.17, 15) is 9.59 Å². The number of carbonyl (C=O) groups is 2. The Bertz CT molecular complexity index is 185. The maximum absolute atomic E-state index is 11.4. The van der Waals surface area contributed by atoms with E-state index in [1.165, 1.54) is 0 Å². The van der Waals surface area contributed by atoms with Gasteiger partial charge in [-0.25, -0.2) is 0 Å². The van der Waals surface area contributed by atoms with Crippen LogP contribution in [0.3, 0.4) is 0 Å². The van der Waals surface area contributed by atoms with E-state index in [-0.39, 0.29) is 11.7 Å². The van der Waals surface area contributed by atoms with Gasteiger partial charge in [0.1, 0.15) is 5.78 Å². The molecule has 0 spiro atoms. The van der Waals surface area contributed by atoms with Crippen LogP contribution in [-0.4, -0.2) is 42.8 Å². The van der Waals surface area contributed by atoms with Crippen molar-refractivity contribution >= 4 is 11.7 Å². The Morgan fingerprint density at radius 2 is 1.80 bits per heavy atom. The van der Waals surface area contributed by atoms with Gasteiger partial charge in [-0.1, -0.05) is 13.8 Å². The summed E-state index contributed by atoms with van der Waals surface area (Å²) >= 11 is 0. The Balaban J connectivity index is 3.91. The lowest BCUT2D eigenvalue weighted by molar-refractivity contribution is -0.124. The third-order valence-corrected chi connectivity index (χ3v) is 2.12. The first-order valence-corrected chi connectivity index (χ1v) is 5.64. The number of carbonyl (C=O) groups excluding carboxylic acids is 2. The van der Waals surface area contributed by atoms with Gasteiger partial charge >= 0.3 is 0 Å². The van der Waals surface area contributed by atoms with Crippen molar-refractivity contribution in [2.75, 3.05) is 26.2 Å². The number of likely N-dealkylation sites (N-methyl/N-ethyl adjacent to an activating group) is 2. The van der Waals surface area contributed by atoms with Crippen molar-refractivity contribution in [1.29, 1.82) is 0 Å². The van der Waals surface area contributed by atoms with Gasteiger partial charge in [0.05, 0.1) is 13.1 Å². The summed E-state index contributed by atoms with van der Waals surface area (Å²) in [6.07, 6.45) is 1.48. The predicted molar refractivity (Wildman–Crippen MR) is 60.7 cm³/mol. The van der Waals surface area contributed by atoms with E-state index in [0.29, 0.717) is 26.1 Å². The van der Waals surface area contributed by atoms with E-state index in [1.54, 1.807) is 0 Å². The number of Topliss-reactive ketones (excluding diaryl/α,β-unsaturated/α-hetero) is 1. The Kier molecular flexibility index (Phi) is 7.91. The summed E-state index contributed by atoms with van der Waals surface area (Å²) in [6.45, 7) is 7.90. The fourth-order valence-electron chi connectivity index (χ4n) is 1.34. The number of ketones is 1. The van der Waals surface area contributed by atoms with E-state index >= 15 is 0 Å². The lowest BCUT2D eigenvalue weighted by atomic mass is 10.2. The number of rotatable bonds is 8. The summed E-state index contributed by atoms with van der Waals surface area (Å²) in [5, 5.41) is 2.72. The molecule has 1 amide bonds. The average molecular weight is 214 g/mol. The van der Waals surface area contributed by atoms with Crippen LogP contribution in [0.2, 0.25) is 0 Å². The van der Waals surface area contributed by atoms with Crippen LogP contribution in [0.1, 0.15) is 33.6 Å². The van der Waals surface area contributed by atoms with E-state index in [2.05, 4.69) is 5.32 Å². The van der Waals surface area contributed by atoms with Gasteiger partial charge < -0.3 is 5.32 Å². The minimum absolute atomic E-state index is 0.0105. The Labute approximate surface area is 92.0 Å². The fraction of sp³-hybridized carbons (Fsp3) is 0.818. The van der Waals surface area contributed by atoms with Crippen LogP contribution in [-0.2, 0) is 9.59 Å². The highest BCUT2D eigenvalue weighted by Crippen LogP contribution is 1.94. The van der Waals surface area contributed by atoms with Gasteiger partial charge in [0.15, 0.2) is 0 Å². The highest BCUT2D eigenvalue weighted by Gasteiger charge is 2.11. The predicted octanol–water partition coefficient (Wildman–Crippen LogP) is 0.814. The molecule has 0 heterocycles. The molecule has 0 saturated carbocycles. The number of hydrogen-bond donors (Lipinski definition) is 1. The van der Waals surface area contributed by atoms with Crippen molar-refractivity contribution in [2.24, 2.45) is 0 Å². The van der Waals surface area contributed by atoms with Crippen LogP contribution >= 0.6 is 0 Å². The standard InChI is InChI=1S/C11H22N2O2/c1-4-7-10(14)8-13(6-3)9-11(15)12-5-2/h4-9H2,1-3H3,(H,12,15). The zero-order valence-electron chi connectivity index (χ0n) is 10.0. The molecule has 0 aromatic rings. The summed E-state index contributed by atoms with van der Waals surface area (Å²) in [7, 11) is 0. The molecule has 0 atom stereocenters. The molecule has 0 aliphatic carbocycles. The van der Waals surface area contributed by atoms with Gasteiger partial charge in [0, 0.05) is 13.0 Å². The second kappa shape index (κ2) is 8.41. The quantitative estimate of drug-likeness (QED) is 0.650. The van der Waals surface area contributed by atoms with Crippen molar-refractivity contribution < 1.29 is 9.59 Å². The van der Waals surface area contributed by atoms with Gasteiger partial charge in [-0.2, -0.15) is 0 Å². The summed E-state index contributed by atoms with van der Waals surface area (Å²) in [5.41, 5.74) is 0. The first kappa shape index (κ1) is 14.1. The van der Waals surface area contributed by atoms with Crippen molar-refractivity contribution in [3.63, 3.8) is 0 Å². The molecule has 0 aliphatic rings. The first-order chi connectivity index (χ1) is 7.13. The normalized spacial score (nSPS) is 10.4. The minimum atomic E-state index is -0.0105. The van der Waals surface area contributed by atoms with E-state index in [0.717, 1.165) is 13.0 Å². The van der Waals surface area contributed by atoms with Gasteiger partial charge in [-0.15, -0.1) is 0 Å². The molecule has 0 fully saturated rings. The number of nitrogens with zero attached hydrogens (tertiary/aromatic N) is 1. The molecule has 4 nitrogen and oxygen atoms in total. The van der Waals surface area contributed by atoms with E-state index in [4.69, 9.17) is 0 Å². The smallest absolute Gasteiger partial charge is 0.234 e. The molecule has 0 radical (unpaired) electrons. The van der Waals surface area contributed by atoms with Crippen LogP contribution in [0.25, 0.3) is 0 Å². The first-order valence-electron chi connectivity index (χ1n) is 5.64. The Morgan fingerprint density at radius 3 is 2.27 bits per heavy atom. The molecule has 4 heteroatoms. The van der Waals surface area contributed by atoms with Crippen molar-refractivity contribution in [3.05, 3.63) is 0 Å². The monoisotopic (exact) mass is 214 g/mol. The third kappa shape index (κ3) is 7.08. The van der Waals surface area contributed by atoms with Crippen molar-refractivity contribution in [2.45, 2.75) is 33.6 Å². The van der Waals surface area contributed by atoms with Crippen molar-refractivity contribution in [1.82, 2.24) is 10.2 Å². The van der Waals surface area contributed by atoms with Gasteiger partial charge in [-0.3, -0.25) is 14.5 Å². The van der Waals surface area contributed by atoms with Crippen LogP contribution in [0, 0.1) is 0 Å². The largest absolute Gasteiger partial charge is 0.355 e. The second-order valence-electron chi connectivity index (χ2n) is 3.55. The molecular formula is C11H22N2O2. The van der Waals surface area contributed by atoms with Gasteiger partial charge in [0.2, 0.25) is 5.91 Å². The third-order valence-electron chi connectivity index (χ3n) is 2.12. The molecule has 0 aromatic heterocycles. The summed E-state index contributed by atoms with van der Waals surface area (Å²) in [6, 6.07) is 0. The lowest BCUT2D eigenvalue weighted by Crippen LogP contribution is -2.39. The molecule has 0 aromatic carbocycles. The highest BCUT2D eigenvalue weighted by molar-refractivity contribution is 5.82. The topological polar surface area (TPSA) is 49.4 Å². The summed E-state index contributed by atoms with van der Waals surface area (Å²) in [5.74, 6) is 0.201. The summed E-state index contributed by atoms with van der Waals surface area (Å²) < 4.78 is 0. The maximum atomic E-state index is 11.4. The maximum Gasteiger partial charge on any atom is 0.234 e. The SMILES string of the molecule is CCCC(=O)CN(CC)CC(=O)NCC. The Hall–Kier alpha value is -0.900. The zero-order valence-corrected chi connectivity index (χ0v) is 10.0. The summed E-state index contributed by atoms with van der Waals surface area (Å²) in [4.78, 5) is 24.5. The molecule has 0 aliphatic heterocycles. The van der Waals surface area contributed by atoms with Crippen molar-refractivity contribution in [3.8, 4) is 0 Å². The van der Waals surface area contributed by atoms with Crippen LogP contribution in [0.15, 0.2) is 0 Å². The molecule has 0 rings (SSSR count). The molecular weight excluding hydrogens is 192 g/mol. The van der Waals surface area contributed by atoms with Crippen LogP contribution < -0.4 is 5.32 Å². The van der Waals surface area contributed by atoms with Gasteiger partial charge in [-0.05, 0) is 19.9 Å².